The molecule has 1 aromatic carbocycles. The Morgan fingerprint density at radius 3 is 2.82 bits per heavy atom. The van der Waals surface area contributed by atoms with Gasteiger partial charge in [0.2, 0.25) is 0 Å². The quantitative estimate of drug-likeness (QED) is 0.742. The number of hydrogen-bond acceptors (Lipinski definition) is 3. The van der Waals surface area contributed by atoms with Crippen LogP contribution in [0.1, 0.15) is 25.3 Å². The average molecular weight is 233 g/mol. The zero-order valence-corrected chi connectivity index (χ0v) is 10.9. The molecule has 0 unspecified atom stereocenters. The van der Waals surface area contributed by atoms with Crippen LogP contribution in [0.2, 0.25) is 0 Å². The van der Waals surface area contributed by atoms with Crippen molar-refractivity contribution >= 4 is 11.4 Å². The SMILES string of the molecule is CCN(CCNc1cc(C)ccc1N)C1CC1. The third-order valence-corrected chi connectivity index (χ3v) is 3.39. The summed E-state index contributed by atoms with van der Waals surface area (Å²) in [5.41, 5.74) is 9.09. The van der Waals surface area contributed by atoms with Crippen molar-refractivity contribution < 1.29 is 0 Å². The Morgan fingerprint density at radius 2 is 2.18 bits per heavy atom. The van der Waals surface area contributed by atoms with Crippen molar-refractivity contribution in [2.45, 2.75) is 32.7 Å². The summed E-state index contributed by atoms with van der Waals surface area (Å²) in [7, 11) is 0. The minimum Gasteiger partial charge on any atom is -0.397 e. The third kappa shape index (κ3) is 3.37. The van der Waals surface area contributed by atoms with Gasteiger partial charge in [-0.2, -0.15) is 0 Å². The fourth-order valence-corrected chi connectivity index (χ4v) is 2.20. The first-order chi connectivity index (χ1) is 8.20. The van der Waals surface area contributed by atoms with Crippen molar-refractivity contribution in [2.24, 2.45) is 0 Å². The van der Waals surface area contributed by atoms with Crippen molar-refractivity contribution in [3.63, 3.8) is 0 Å². The van der Waals surface area contributed by atoms with Gasteiger partial charge >= 0.3 is 0 Å². The first-order valence-electron chi connectivity index (χ1n) is 6.54. The molecule has 1 aliphatic carbocycles. The van der Waals surface area contributed by atoms with Crippen LogP contribution in [-0.2, 0) is 0 Å². The topological polar surface area (TPSA) is 41.3 Å². The van der Waals surface area contributed by atoms with Crippen LogP contribution in [0.4, 0.5) is 11.4 Å². The molecule has 94 valence electrons. The van der Waals surface area contributed by atoms with Crippen LogP contribution in [0, 0.1) is 6.92 Å². The smallest absolute Gasteiger partial charge is 0.0577 e. The molecule has 3 heteroatoms. The molecule has 1 aliphatic rings. The molecule has 3 nitrogen and oxygen atoms in total. The highest BCUT2D eigenvalue weighted by molar-refractivity contribution is 5.66. The van der Waals surface area contributed by atoms with Crippen LogP contribution in [0.25, 0.3) is 0 Å². The summed E-state index contributed by atoms with van der Waals surface area (Å²) >= 11 is 0. The van der Waals surface area contributed by atoms with E-state index in [4.69, 9.17) is 5.73 Å². The van der Waals surface area contributed by atoms with Crippen LogP contribution in [0.5, 0.6) is 0 Å². The monoisotopic (exact) mass is 233 g/mol. The Kier molecular flexibility index (Phi) is 3.89. The lowest BCUT2D eigenvalue weighted by atomic mass is 10.2. The molecule has 0 saturated heterocycles. The highest BCUT2D eigenvalue weighted by Gasteiger charge is 2.27. The Bertz CT molecular complexity index is 372. The van der Waals surface area contributed by atoms with Crippen molar-refractivity contribution in [3.8, 4) is 0 Å². The molecule has 1 fully saturated rings. The maximum absolute atomic E-state index is 5.93. The molecule has 1 saturated carbocycles. The molecule has 0 radical (unpaired) electrons. The van der Waals surface area contributed by atoms with Crippen molar-refractivity contribution in [1.82, 2.24) is 4.90 Å². The third-order valence-electron chi connectivity index (χ3n) is 3.39. The van der Waals surface area contributed by atoms with E-state index in [9.17, 15) is 0 Å². The maximum Gasteiger partial charge on any atom is 0.0577 e. The van der Waals surface area contributed by atoms with Gasteiger partial charge in [0.15, 0.2) is 0 Å². The fraction of sp³-hybridized carbons (Fsp3) is 0.571. The van der Waals surface area contributed by atoms with Crippen LogP contribution in [0.15, 0.2) is 18.2 Å². The van der Waals surface area contributed by atoms with Gasteiger partial charge in [-0.25, -0.2) is 0 Å². The van der Waals surface area contributed by atoms with Gasteiger partial charge in [0.25, 0.3) is 0 Å². The molecule has 17 heavy (non-hydrogen) atoms. The van der Waals surface area contributed by atoms with E-state index in [1.807, 2.05) is 12.1 Å². The number of hydrogen-bond donors (Lipinski definition) is 2. The predicted octanol–water partition coefficient (Wildman–Crippen LogP) is 2.47. The molecule has 0 aliphatic heterocycles. The molecule has 1 aromatic rings. The summed E-state index contributed by atoms with van der Waals surface area (Å²) in [5, 5.41) is 3.43. The van der Waals surface area contributed by atoms with E-state index in [1.54, 1.807) is 0 Å². The summed E-state index contributed by atoms with van der Waals surface area (Å²) in [5.74, 6) is 0. The van der Waals surface area contributed by atoms with Gasteiger partial charge in [-0.1, -0.05) is 13.0 Å². The fourth-order valence-electron chi connectivity index (χ4n) is 2.20. The minimum atomic E-state index is 0.838. The van der Waals surface area contributed by atoms with Crippen molar-refractivity contribution in [3.05, 3.63) is 23.8 Å². The number of rotatable bonds is 6. The van der Waals surface area contributed by atoms with Gasteiger partial charge in [0.1, 0.15) is 0 Å². The lowest BCUT2D eigenvalue weighted by Gasteiger charge is -2.20. The summed E-state index contributed by atoms with van der Waals surface area (Å²) in [6, 6.07) is 6.97. The largest absolute Gasteiger partial charge is 0.397 e. The second-order valence-corrected chi connectivity index (χ2v) is 4.88. The van der Waals surface area contributed by atoms with E-state index in [0.29, 0.717) is 0 Å². The molecular formula is C14H23N3. The Labute approximate surface area is 104 Å². The van der Waals surface area contributed by atoms with Gasteiger partial charge in [0.05, 0.1) is 11.4 Å². The van der Waals surface area contributed by atoms with Crippen LogP contribution in [-0.4, -0.2) is 30.6 Å². The van der Waals surface area contributed by atoms with Crippen molar-refractivity contribution in [1.29, 1.82) is 0 Å². The van der Waals surface area contributed by atoms with E-state index >= 15 is 0 Å². The normalized spacial score (nSPS) is 15.2. The molecule has 0 atom stereocenters. The van der Waals surface area contributed by atoms with E-state index < -0.39 is 0 Å². The first kappa shape index (κ1) is 12.2. The zero-order valence-electron chi connectivity index (χ0n) is 10.9. The molecule has 0 heterocycles. The van der Waals surface area contributed by atoms with Gasteiger partial charge in [-0.3, -0.25) is 4.90 Å². The average Bonchev–Trinajstić information content (AvgIpc) is 3.13. The number of nitrogens with zero attached hydrogens (tertiary/aromatic N) is 1. The highest BCUT2D eigenvalue weighted by atomic mass is 15.2. The number of nitrogen functional groups attached to an aromatic ring is 1. The number of likely N-dealkylation sites (N-methyl/N-ethyl adjacent to an activating group) is 1. The van der Waals surface area contributed by atoms with E-state index in [0.717, 1.165) is 37.1 Å². The molecule has 0 bridgehead atoms. The van der Waals surface area contributed by atoms with E-state index in [2.05, 4.69) is 30.1 Å². The number of aryl methyl sites for hydroxylation is 1. The Hall–Kier alpha value is -1.22. The maximum atomic E-state index is 5.93. The number of benzene rings is 1. The van der Waals surface area contributed by atoms with Crippen molar-refractivity contribution in [2.75, 3.05) is 30.7 Å². The van der Waals surface area contributed by atoms with Gasteiger partial charge in [-0.15, -0.1) is 0 Å². The molecule has 0 amide bonds. The number of nitrogens with one attached hydrogen (secondary N) is 1. The second-order valence-electron chi connectivity index (χ2n) is 4.88. The Balaban J connectivity index is 1.82. The lowest BCUT2D eigenvalue weighted by molar-refractivity contribution is 0.289. The molecule has 2 rings (SSSR count). The summed E-state index contributed by atoms with van der Waals surface area (Å²) in [6.45, 7) is 7.55. The summed E-state index contributed by atoms with van der Waals surface area (Å²) in [4.78, 5) is 2.54. The molecule has 3 N–H and O–H groups in total. The van der Waals surface area contributed by atoms with E-state index in [-0.39, 0.29) is 0 Å². The highest BCUT2D eigenvalue weighted by Crippen LogP contribution is 2.26. The van der Waals surface area contributed by atoms with Crippen LogP contribution >= 0.6 is 0 Å². The van der Waals surface area contributed by atoms with Gasteiger partial charge in [-0.05, 0) is 44.0 Å². The summed E-state index contributed by atoms with van der Waals surface area (Å²) < 4.78 is 0. The standard InChI is InChI=1S/C14H23N3/c1-3-17(12-5-6-12)9-8-16-14-10-11(2)4-7-13(14)15/h4,7,10,12,16H,3,5-6,8-9,15H2,1-2H3. The molecule has 0 aromatic heterocycles. The lowest BCUT2D eigenvalue weighted by Crippen LogP contribution is -2.31. The summed E-state index contributed by atoms with van der Waals surface area (Å²) in [6.07, 6.45) is 2.75. The van der Waals surface area contributed by atoms with Gasteiger partial charge in [0, 0.05) is 19.1 Å². The zero-order chi connectivity index (χ0) is 12.3. The number of anilines is 2. The van der Waals surface area contributed by atoms with Gasteiger partial charge < -0.3 is 11.1 Å². The molecule has 0 spiro atoms. The first-order valence-corrected chi connectivity index (χ1v) is 6.54. The Morgan fingerprint density at radius 1 is 1.41 bits per heavy atom. The van der Waals surface area contributed by atoms with Crippen LogP contribution in [0.3, 0.4) is 0 Å². The minimum absolute atomic E-state index is 0.838. The predicted molar refractivity (Wildman–Crippen MR) is 74.4 cm³/mol. The number of nitrogens with two attached hydrogens (primary N) is 1. The van der Waals surface area contributed by atoms with Crippen LogP contribution < -0.4 is 11.1 Å². The van der Waals surface area contributed by atoms with E-state index in [1.165, 1.54) is 18.4 Å². The molecular weight excluding hydrogens is 210 g/mol. The second kappa shape index (κ2) is 5.41.